The van der Waals surface area contributed by atoms with Gasteiger partial charge in [0, 0.05) is 35.5 Å². The number of hydrogen-bond acceptors (Lipinski definition) is 5. The summed E-state index contributed by atoms with van der Waals surface area (Å²) in [6.07, 6.45) is 3.03. The van der Waals surface area contributed by atoms with Crippen molar-refractivity contribution in [2.75, 3.05) is 33.3 Å². The fraction of sp³-hybridized carbons (Fsp3) is 0.500. The first-order valence-electron chi connectivity index (χ1n) is 9.24. The summed E-state index contributed by atoms with van der Waals surface area (Å²) in [6.45, 7) is 2.61. The Kier molecular flexibility index (Phi) is 4.82. The fourth-order valence-corrected chi connectivity index (χ4v) is 5.25. The van der Waals surface area contributed by atoms with Gasteiger partial charge in [0.1, 0.15) is 10.7 Å². The van der Waals surface area contributed by atoms with Gasteiger partial charge in [-0.3, -0.25) is 4.79 Å². The highest BCUT2D eigenvalue weighted by molar-refractivity contribution is 7.13. The van der Waals surface area contributed by atoms with Crippen LogP contribution in [-0.4, -0.2) is 65.1 Å². The zero-order chi connectivity index (χ0) is 18.1. The van der Waals surface area contributed by atoms with Gasteiger partial charge in [-0.1, -0.05) is 30.3 Å². The smallest absolute Gasteiger partial charge is 0.273 e. The molecule has 5 nitrogen and oxygen atoms in total. The van der Waals surface area contributed by atoms with Gasteiger partial charge in [-0.05, 0) is 32.9 Å². The van der Waals surface area contributed by atoms with Crippen LogP contribution in [0.25, 0.3) is 10.6 Å². The lowest BCUT2D eigenvalue weighted by Gasteiger charge is -2.53. The van der Waals surface area contributed by atoms with E-state index in [1.165, 1.54) is 11.3 Å². The van der Waals surface area contributed by atoms with E-state index in [-0.39, 0.29) is 24.0 Å². The highest BCUT2D eigenvalue weighted by Gasteiger charge is 2.47. The van der Waals surface area contributed by atoms with Crippen LogP contribution in [-0.2, 0) is 0 Å². The standard InChI is InChI=1S/C20H25N3O2S/c1-22-10-5-8-20(14-24)9-11-23(12-17(20)22)19(25)16-13-26-18(21-16)15-6-3-2-4-7-15/h2-4,6-7,13,17,24H,5,8-12,14H2,1H3/t17-,20-/m1/s1. The van der Waals surface area contributed by atoms with E-state index in [2.05, 4.69) is 16.9 Å². The summed E-state index contributed by atoms with van der Waals surface area (Å²) in [5.74, 6) is 0.00828. The number of carbonyl (C=O) groups is 1. The summed E-state index contributed by atoms with van der Waals surface area (Å²) < 4.78 is 0. The average molecular weight is 372 g/mol. The Bertz CT molecular complexity index is 778. The summed E-state index contributed by atoms with van der Waals surface area (Å²) in [7, 11) is 2.11. The molecule has 0 bridgehead atoms. The quantitative estimate of drug-likeness (QED) is 0.901. The van der Waals surface area contributed by atoms with Crippen molar-refractivity contribution in [1.82, 2.24) is 14.8 Å². The normalized spacial score (nSPS) is 26.5. The number of thiazole rings is 1. The highest BCUT2D eigenvalue weighted by Crippen LogP contribution is 2.41. The molecule has 0 unspecified atom stereocenters. The molecule has 0 spiro atoms. The monoisotopic (exact) mass is 371 g/mol. The Hall–Kier alpha value is -1.76. The molecular weight excluding hydrogens is 346 g/mol. The molecule has 2 aliphatic rings. The molecule has 1 aromatic heterocycles. The SMILES string of the molecule is CN1CCC[C@]2(CO)CCN(C(=O)c3csc(-c4ccccc4)n3)C[C@@H]12. The zero-order valence-corrected chi connectivity index (χ0v) is 15.9. The van der Waals surface area contributed by atoms with E-state index in [0.29, 0.717) is 18.8 Å². The summed E-state index contributed by atoms with van der Waals surface area (Å²) in [5, 5.41) is 12.8. The number of fused-ring (bicyclic) bond motifs is 1. The molecule has 3 heterocycles. The summed E-state index contributed by atoms with van der Waals surface area (Å²) in [4.78, 5) is 21.8. The van der Waals surface area contributed by atoms with Crippen LogP contribution in [0.15, 0.2) is 35.7 Å². The first-order chi connectivity index (χ1) is 12.6. The lowest BCUT2D eigenvalue weighted by molar-refractivity contribution is -0.0602. The number of benzene rings is 1. The van der Waals surface area contributed by atoms with Crippen LogP contribution in [0.3, 0.4) is 0 Å². The van der Waals surface area contributed by atoms with Gasteiger partial charge in [-0.25, -0.2) is 4.98 Å². The van der Waals surface area contributed by atoms with Gasteiger partial charge in [0.15, 0.2) is 0 Å². The minimum atomic E-state index is -0.0545. The number of aliphatic hydroxyl groups is 1. The van der Waals surface area contributed by atoms with Gasteiger partial charge in [-0.2, -0.15) is 0 Å². The number of piperidine rings is 2. The third-order valence-electron chi connectivity index (χ3n) is 6.04. The van der Waals surface area contributed by atoms with E-state index in [4.69, 9.17) is 0 Å². The van der Waals surface area contributed by atoms with Gasteiger partial charge >= 0.3 is 0 Å². The average Bonchev–Trinajstić information content (AvgIpc) is 3.18. The van der Waals surface area contributed by atoms with Gasteiger partial charge in [0.2, 0.25) is 0 Å². The van der Waals surface area contributed by atoms with Crippen LogP contribution >= 0.6 is 11.3 Å². The maximum absolute atomic E-state index is 13.0. The Morgan fingerprint density at radius 3 is 2.88 bits per heavy atom. The number of carbonyl (C=O) groups excluding carboxylic acids is 1. The van der Waals surface area contributed by atoms with Gasteiger partial charge in [0.05, 0.1) is 6.61 Å². The maximum atomic E-state index is 13.0. The molecule has 26 heavy (non-hydrogen) atoms. The van der Waals surface area contributed by atoms with Crippen LogP contribution in [0.2, 0.25) is 0 Å². The second-order valence-corrected chi connectivity index (χ2v) is 8.38. The number of likely N-dealkylation sites (N-methyl/N-ethyl adjacent to an activating group) is 1. The van der Waals surface area contributed by atoms with Crippen LogP contribution in [0.5, 0.6) is 0 Å². The van der Waals surface area contributed by atoms with Crippen LogP contribution in [0, 0.1) is 5.41 Å². The molecule has 2 aromatic rings. The Morgan fingerprint density at radius 1 is 1.31 bits per heavy atom. The van der Waals surface area contributed by atoms with Crippen LogP contribution in [0.4, 0.5) is 0 Å². The second-order valence-electron chi connectivity index (χ2n) is 7.53. The molecule has 138 valence electrons. The lowest BCUT2D eigenvalue weighted by Crippen LogP contribution is -2.62. The molecule has 0 saturated carbocycles. The minimum Gasteiger partial charge on any atom is -0.396 e. The molecule has 2 saturated heterocycles. The van der Waals surface area contributed by atoms with Crippen molar-refractivity contribution >= 4 is 17.2 Å². The molecule has 0 aliphatic carbocycles. The number of likely N-dealkylation sites (tertiary alicyclic amines) is 2. The topological polar surface area (TPSA) is 56.7 Å². The summed E-state index contributed by atoms with van der Waals surface area (Å²) >= 11 is 1.51. The number of aromatic nitrogens is 1. The first kappa shape index (κ1) is 17.6. The van der Waals surface area contributed by atoms with E-state index in [0.717, 1.165) is 36.4 Å². The Labute approximate surface area is 158 Å². The third-order valence-corrected chi connectivity index (χ3v) is 6.93. The molecule has 2 atom stereocenters. The molecule has 6 heteroatoms. The van der Waals surface area contributed by atoms with Crippen molar-refractivity contribution in [2.45, 2.75) is 25.3 Å². The fourth-order valence-electron chi connectivity index (χ4n) is 4.45. The van der Waals surface area contributed by atoms with Crippen LogP contribution < -0.4 is 0 Å². The second kappa shape index (κ2) is 7.10. The Morgan fingerprint density at radius 2 is 2.12 bits per heavy atom. The van der Waals surface area contributed by atoms with Gasteiger partial charge < -0.3 is 14.9 Å². The molecule has 1 N–H and O–H groups in total. The molecule has 0 radical (unpaired) electrons. The van der Waals surface area contributed by atoms with Crippen molar-refractivity contribution in [3.8, 4) is 10.6 Å². The molecule has 2 aliphatic heterocycles. The minimum absolute atomic E-state index is 0.00828. The number of hydrogen-bond donors (Lipinski definition) is 1. The van der Waals surface area contributed by atoms with E-state index in [9.17, 15) is 9.90 Å². The highest BCUT2D eigenvalue weighted by atomic mass is 32.1. The molecule has 2 fully saturated rings. The predicted molar refractivity (Wildman–Crippen MR) is 103 cm³/mol. The molecular formula is C20H25N3O2S. The number of rotatable bonds is 3. The molecule has 4 rings (SSSR count). The van der Waals surface area contributed by atoms with Crippen molar-refractivity contribution in [1.29, 1.82) is 0 Å². The van der Waals surface area contributed by atoms with Crippen molar-refractivity contribution in [3.63, 3.8) is 0 Å². The lowest BCUT2D eigenvalue weighted by atomic mass is 9.69. The number of aliphatic hydroxyl groups excluding tert-OH is 1. The van der Waals surface area contributed by atoms with E-state index in [1.807, 2.05) is 40.6 Å². The molecule has 1 amide bonds. The molecule has 1 aromatic carbocycles. The van der Waals surface area contributed by atoms with Crippen molar-refractivity contribution in [3.05, 3.63) is 41.4 Å². The third kappa shape index (κ3) is 3.06. The van der Waals surface area contributed by atoms with E-state index in [1.54, 1.807) is 0 Å². The first-order valence-corrected chi connectivity index (χ1v) is 10.1. The summed E-state index contributed by atoms with van der Waals surface area (Å²) in [6, 6.07) is 10.2. The van der Waals surface area contributed by atoms with Crippen LogP contribution in [0.1, 0.15) is 29.8 Å². The zero-order valence-electron chi connectivity index (χ0n) is 15.1. The number of nitrogens with zero attached hydrogens (tertiary/aromatic N) is 3. The van der Waals surface area contributed by atoms with E-state index >= 15 is 0 Å². The van der Waals surface area contributed by atoms with Gasteiger partial charge in [-0.15, -0.1) is 11.3 Å². The van der Waals surface area contributed by atoms with E-state index < -0.39 is 0 Å². The largest absolute Gasteiger partial charge is 0.396 e. The predicted octanol–water partition coefficient (Wildman–Crippen LogP) is 2.73. The maximum Gasteiger partial charge on any atom is 0.273 e. The van der Waals surface area contributed by atoms with Crippen molar-refractivity contribution < 1.29 is 9.90 Å². The number of amides is 1. The van der Waals surface area contributed by atoms with Crippen molar-refractivity contribution in [2.24, 2.45) is 5.41 Å². The summed E-state index contributed by atoms with van der Waals surface area (Å²) in [5.41, 5.74) is 1.52. The van der Waals surface area contributed by atoms with Gasteiger partial charge in [0.25, 0.3) is 5.91 Å². The Balaban J connectivity index is 1.52.